The fourth-order valence-electron chi connectivity index (χ4n) is 0.730. The number of aromatic nitrogens is 1. The number of carbonyl (C=O) groups is 1. The molecular formula is C7H10ClN3O. The molecule has 0 aromatic carbocycles. The SMILES string of the molecule is Cl.NCc1cccc(C(N)=O)n1. The van der Waals surface area contributed by atoms with Gasteiger partial charge >= 0.3 is 0 Å². The minimum Gasteiger partial charge on any atom is -0.364 e. The Labute approximate surface area is 76.4 Å². The number of hydrogen-bond donors (Lipinski definition) is 2. The number of rotatable bonds is 2. The summed E-state index contributed by atoms with van der Waals surface area (Å²) < 4.78 is 0. The van der Waals surface area contributed by atoms with E-state index in [9.17, 15) is 4.79 Å². The Kier molecular flexibility index (Phi) is 4.25. The molecule has 4 nitrogen and oxygen atoms in total. The van der Waals surface area contributed by atoms with Crippen LogP contribution in [0.1, 0.15) is 16.2 Å². The average molecular weight is 188 g/mol. The largest absolute Gasteiger partial charge is 0.364 e. The van der Waals surface area contributed by atoms with E-state index in [1.807, 2.05) is 0 Å². The molecule has 0 radical (unpaired) electrons. The van der Waals surface area contributed by atoms with Crippen molar-refractivity contribution in [3.63, 3.8) is 0 Å². The molecule has 0 aliphatic rings. The molecule has 4 N–H and O–H groups in total. The number of halogens is 1. The van der Waals surface area contributed by atoms with Crippen molar-refractivity contribution < 1.29 is 4.79 Å². The van der Waals surface area contributed by atoms with Crippen molar-refractivity contribution in [2.75, 3.05) is 0 Å². The Bertz CT molecular complexity index is 277. The summed E-state index contributed by atoms with van der Waals surface area (Å²) >= 11 is 0. The van der Waals surface area contributed by atoms with Gasteiger partial charge in [0.05, 0.1) is 5.69 Å². The smallest absolute Gasteiger partial charge is 0.267 e. The Morgan fingerprint density at radius 1 is 1.50 bits per heavy atom. The lowest BCUT2D eigenvalue weighted by molar-refractivity contribution is 0.0995. The van der Waals surface area contributed by atoms with Crippen molar-refractivity contribution in [1.82, 2.24) is 4.98 Å². The first-order valence-electron chi connectivity index (χ1n) is 3.20. The van der Waals surface area contributed by atoms with Gasteiger partial charge in [-0.25, -0.2) is 4.98 Å². The molecular weight excluding hydrogens is 178 g/mol. The first-order valence-corrected chi connectivity index (χ1v) is 3.20. The van der Waals surface area contributed by atoms with Gasteiger partial charge in [-0.15, -0.1) is 12.4 Å². The average Bonchev–Trinajstić information content (AvgIpc) is 2.05. The molecule has 0 aliphatic carbocycles. The summed E-state index contributed by atoms with van der Waals surface area (Å²) in [5.74, 6) is -0.528. The minimum atomic E-state index is -0.528. The summed E-state index contributed by atoms with van der Waals surface area (Å²) in [6.07, 6.45) is 0. The number of nitrogens with zero attached hydrogens (tertiary/aromatic N) is 1. The van der Waals surface area contributed by atoms with E-state index < -0.39 is 5.91 Å². The van der Waals surface area contributed by atoms with Gasteiger partial charge in [0.15, 0.2) is 0 Å². The Morgan fingerprint density at radius 2 is 2.17 bits per heavy atom. The van der Waals surface area contributed by atoms with Crippen molar-refractivity contribution in [3.05, 3.63) is 29.6 Å². The quantitative estimate of drug-likeness (QED) is 0.687. The van der Waals surface area contributed by atoms with Gasteiger partial charge in [0.25, 0.3) is 5.91 Å². The molecule has 0 saturated carbocycles. The Hall–Kier alpha value is -1.13. The fraction of sp³-hybridized carbons (Fsp3) is 0.143. The van der Waals surface area contributed by atoms with Crippen LogP contribution in [-0.2, 0) is 6.54 Å². The molecule has 12 heavy (non-hydrogen) atoms. The lowest BCUT2D eigenvalue weighted by atomic mass is 10.3. The molecule has 66 valence electrons. The zero-order valence-electron chi connectivity index (χ0n) is 6.36. The zero-order chi connectivity index (χ0) is 8.27. The molecule has 0 saturated heterocycles. The second-order valence-corrected chi connectivity index (χ2v) is 2.08. The molecule has 1 amide bonds. The van der Waals surface area contributed by atoms with Crippen molar-refractivity contribution >= 4 is 18.3 Å². The van der Waals surface area contributed by atoms with Crippen LogP contribution >= 0.6 is 12.4 Å². The highest BCUT2D eigenvalue weighted by Crippen LogP contribution is 1.96. The molecule has 0 bridgehead atoms. The van der Waals surface area contributed by atoms with E-state index in [0.29, 0.717) is 12.2 Å². The van der Waals surface area contributed by atoms with Crippen molar-refractivity contribution in [2.45, 2.75) is 6.54 Å². The predicted molar refractivity (Wildman–Crippen MR) is 47.9 cm³/mol. The van der Waals surface area contributed by atoms with Crippen LogP contribution in [0.5, 0.6) is 0 Å². The number of amides is 1. The summed E-state index contributed by atoms with van der Waals surface area (Å²) in [6, 6.07) is 5.00. The first-order chi connectivity index (χ1) is 5.24. The van der Waals surface area contributed by atoms with Crippen LogP contribution in [0.4, 0.5) is 0 Å². The summed E-state index contributed by atoms with van der Waals surface area (Å²) in [7, 11) is 0. The van der Waals surface area contributed by atoms with Crippen molar-refractivity contribution in [1.29, 1.82) is 0 Å². The molecule has 0 atom stereocenters. The molecule has 0 fully saturated rings. The maximum atomic E-state index is 10.6. The van der Waals surface area contributed by atoms with E-state index in [-0.39, 0.29) is 18.1 Å². The highest BCUT2D eigenvalue weighted by molar-refractivity contribution is 5.90. The van der Waals surface area contributed by atoms with E-state index in [2.05, 4.69) is 4.98 Å². The Balaban J connectivity index is 0.00000121. The molecule has 1 rings (SSSR count). The third-order valence-electron chi connectivity index (χ3n) is 1.27. The number of carbonyl (C=O) groups excluding carboxylic acids is 1. The second kappa shape index (κ2) is 4.69. The van der Waals surface area contributed by atoms with Gasteiger partial charge in [0.2, 0.25) is 0 Å². The first kappa shape index (κ1) is 10.9. The summed E-state index contributed by atoms with van der Waals surface area (Å²) in [5.41, 5.74) is 11.2. The second-order valence-electron chi connectivity index (χ2n) is 2.08. The standard InChI is InChI=1S/C7H9N3O.ClH/c8-4-5-2-1-3-6(10-5)7(9)11;/h1-3H,4,8H2,(H2,9,11);1H. The van der Waals surface area contributed by atoms with Crippen LogP contribution in [-0.4, -0.2) is 10.9 Å². The molecule has 1 heterocycles. The molecule has 0 unspecified atom stereocenters. The number of pyridine rings is 1. The lowest BCUT2D eigenvalue weighted by Gasteiger charge is -1.96. The summed E-state index contributed by atoms with van der Waals surface area (Å²) in [5, 5.41) is 0. The lowest BCUT2D eigenvalue weighted by Crippen LogP contribution is -2.14. The highest BCUT2D eigenvalue weighted by Gasteiger charge is 2.00. The van der Waals surface area contributed by atoms with Crippen LogP contribution in [0.3, 0.4) is 0 Å². The van der Waals surface area contributed by atoms with E-state index in [1.165, 1.54) is 0 Å². The van der Waals surface area contributed by atoms with Gasteiger partial charge in [-0.2, -0.15) is 0 Å². The zero-order valence-corrected chi connectivity index (χ0v) is 7.17. The third kappa shape index (κ3) is 2.48. The maximum absolute atomic E-state index is 10.6. The monoisotopic (exact) mass is 187 g/mol. The van der Waals surface area contributed by atoms with Crippen molar-refractivity contribution in [2.24, 2.45) is 11.5 Å². The van der Waals surface area contributed by atoms with Gasteiger partial charge in [0.1, 0.15) is 5.69 Å². The van der Waals surface area contributed by atoms with Crippen LogP contribution in [0, 0.1) is 0 Å². The normalized spacial score (nSPS) is 8.75. The fourth-order valence-corrected chi connectivity index (χ4v) is 0.730. The maximum Gasteiger partial charge on any atom is 0.267 e. The summed E-state index contributed by atoms with van der Waals surface area (Å²) in [4.78, 5) is 14.5. The number of nitrogens with two attached hydrogens (primary N) is 2. The van der Waals surface area contributed by atoms with Gasteiger partial charge in [-0.3, -0.25) is 4.79 Å². The van der Waals surface area contributed by atoms with E-state index >= 15 is 0 Å². The van der Waals surface area contributed by atoms with Crippen LogP contribution in [0.2, 0.25) is 0 Å². The van der Waals surface area contributed by atoms with E-state index in [0.717, 1.165) is 0 Å². The van der Waals surface area contributed by atoms with Gasteiger partial charge < -0.3 is 11.5 Å². The highest BCUT2D eigenvalue weighted by atomic mass is 35.5. The minimum absolute atomic E-state index is 0. The summed E-state index contributed by atoms with van der Waals surface area (Å²) in [6.45, 7) is 0.321. The third-order valence-corrected chi connectivity index (χ3v) is 1.27. The number of primary amides is 1. The predicted octanol–water partition coefficient (Wildman–Crippen LogP) is 0.0610. The molecule has 5 heteroatoms. The van der Waals surface area contributed by atoms with Crippen LogP contribution in [0.25, 0.3) is 0 Å². The molecule has 1 aromatic heterocycles. The Morgan fingerprint density at radius 3 is 2.67 bits per heavy atom. The van der Waals surface area contributed by atoms with Crippen LogP contribution < -0.4 is 11.5 Å². The molecule has 1 aromatic rings. The van der Waals surface area contributed by atoms with Gasteiger partial charge in [-0.05, 0) is 12.1 Å². The van der Waals surface area contributed by atoms with Gasteiger partial charge in [-0.1, -0.05) is 6.07 Å². The van der Waals surface area contributed by atoms with E-state index in [4.69, 9.17) is 11.5 Å². The van der Waals surface area contributed by atoms with Gasteiger partial charge in [0, 0.05) is 6.54 Å². The van der Waals surface area contributed by atoms with Crippen LogP contribution in [0.15, 0.2) is 18.2 Å². The number of hydrogen-bond acceptors (Lipinski definition) is 3. The topological polar surface area (TPSA) is 82.0 Å². The van der Waals surface area contributed by atoms with Crippen molar-refractivity contribution in [3.8, 4) is 0 Å². The molecule has 0 spiro atoms. The molecule has 0 aliphatic heterocycles. The van der Waals surface area contributed by atoms with E-state index in [1.54, 1.807) is 18.2 Å².